The number of ether oxygens (including phenoxy) is 3. The number of hydrogen-bond acceptors (Lipinski definition) is 5. The Morgan fingerprint density at radius 3 is 2.23 bits per heavy atom. The summed E-state index contributed by atoms with van der Waals surface area (Å²) in [5.41, 5.74) is 1.55. The molecule has 2 amide bonds. The Bertz CT molecular complexity index is 899. The van der Waals surface area contributed by atoms with Crippen LogP contribution in [-0.4, -0.2) is 39.2 Å². The van der Waals surface area contributed by atoms with Gasteiger partial charge in [0.1, 0.15) is 0 Å². The van der Waals surface area contributed by atoms with Crippen LogP contribution < -0.4 is 24.8 Å². The van der Waals surface area contributed by atoms with E-state index in [1.54, 1.807) is 42.5 Å². The topological polar surface area (TPSA) is 85.9 Å². The molecule has 0 fully saturated rings. The summed E-state index contributed by atoms with van der Waals surface area (Å²) < 4.78 is 15.9. The number of methoxy groups -OCH3 is 3. The van der Waals surface area contributed by atoms with Crippen molar-refractivity contribution >= 4 is 23.6 Å². The molecule has 0 radical (unpaired) electrons. The lowest BCUT2D eigenvalue weighted by Crippen LogP contribution is -2.32. The number of carbonyl (C=O) groups is 2. The van der Waals surface area contributed by atoms with Crippen molar-refractivity contribution in [3.63, 3.8) is 0 Å². The second-order valence-corrected chi connectivity index (χ2v) is 6.61. The molecule has 2 N–H and O–H groups in total. The monoisotopic (exact) mass is 412 g/mol. The van der Waals surface area contributed by atoms with Gasteiger partial charge in [0, 0.05) is 12.1 Å². The molecule has 2 aromatic carbocycles. The highest BCUT2D eigenvalue weighted by atomic mass is 16.5. The van der Waals surface area contributed by atoms with Crippen molar-refractivity contribution in [2.24, 2.45) is 0 Å². The largest absolute Gasteiger partial charge is 0.493 e. The fourth-order valence-corrected chi connectivity index (χ4v) is 2.74. The summed E-state index contributed by atoms with van der Waals surface area (Å²) >= 11 is 0. The minimum atomic E-state index is -0.368. The van der Waals surface area contributed by atoms with E-state index in [9.17, 15) is 9.59 Å². The third-order valence-electron chi connectivity index (χ3n) is 4.53. The molecule has 2 rings (SSSR count). The summed E-state index contributed by atoms with van der Waals surface area (Å²) in [5.74, 6) is 0.859. The van der Waals surface area contributed by atoms with Gasteiger partial charge in [-0.15, -0.1) is 0 Å². The number of para-hydroxylation sites is 1. The van der Waals surface area contributed by atoms with Crippen LogP contribution >= 0.6 is 0 Å². The van der Waals surface area contributed by atoms with Crippen LogP contribution in [0.4, 0.5) is 5.69 Å². The standard InChI is InChI=1S/C23H28N2O5/c1-6-15(2)24-23(27)17-9-7-8-10-18(17)25-21(26)12-11-16-13-19(28-3)22(30-5)20(14-16)29-4/h7-15H,6H2,1-5H3,(H,24,27)(H,25,26)/b12-11+. The van der Waals surface area contributed by atoms with E-state index in [1.807, 2.05) is 13.8 Å². The van der Waals surface area contributed by atoms with Gasteiger partial charge >= 0.3 is 0 Å². The van der Waals surface area contributed by atoms with E-state index in [1.165, 1.54) is 27.4 Å². The fraction of sp³-hybridized carbons (Fsp3) is 0.304. The average molecular weight is 412 g/mol. The van der Waals surface area contributed by atoms with Crippen LogP contribution in [0.5, 0.6) is 17.2 Å². The molecule has 0 aliphatic carbocycles. The quantitative estimate of drug-likeness (QED) is 0.610. The molecule has 0 heterocycles. The van der Waals surface area contributed by atoms with E-state index in [0.717, 1.165) is 6.42 Å². The van der Waals surface area contributed by atoms with Crippen LogP contribution in [0, 0.1) is 0 Å². The van der Waals surface area contributed by atoms with Crippen molar-refractivity contribution in [3.8, 4) is 17.2 Å². The normalized spacial score (nSPS) is 11.6. The smallest absolute Gasteiger partial charge is 0.253 e. The zero-order chi connectivity index (χ0) is 22.1. The Morgan fingerprint density at radius 1 is 1.03 bits per heavy atom. The fourth-order valence-electron chi connectivity index (χ4n) is 2.74. The van der Waals surface area contributed by atoms with Gasteiger partial charge in [-0.2, -0.15) is 0 Å². The summed E-state index contributed by atoms with van der Waals surface area (Å²) in [4.78, 5) is 24.9. The van der Waals surface area contributed by atoms with Crippen molar-refractivity contribution in [2.45, 2.75) is 26.3 Å². The molecule has 2 aromatic rings. The highest BCUT2D eigenvalue weighted by Crippen LogP contribution is 2.38. The number of benzene rings is 2. The van der Waals surface area contributed by atoms with Gasteiger partial charge in [-0.3, -0.25) is 9.59 Å². The number of amides is 2. The molecule has 0 bridgehead atoms. The summed E-state index contributed by atoms with van der Waals surface area (Å²) in [6.07, 6.45) is 3.82. The summed E-state index contributed by atoms with van der Waals surface area (Å²) in [6, 6.07) is 10.4. The zero-order valence-electron chi connectivity index (χ0n) is 17.9. The Kier molecular flexibility index (Phi) is 8.29. The minimum Gasteiger partial charge on any atom is -0.493 e. The molecule has 160 valence electrons. The number of rotatable bonds is 9. The van der Waals surface area contributed by atoms with Gasteiger partial charge in [-0.25, -0.2) is 0 Å². The van der Waals surface area contributed by atoms with E-state index in [0.29, 0.717) is 34.1 Å². The molecular weight excluding hydrogens is 384 g/mol. The lowest BCUT2D eigenvalue weighted by molar-refractivity contribution is -0.111. The lowest BCUT2D eigenvalue weighted by Gasteiger charge is -2.14. The Balaban J connectivity index is 2.19. The number of carbonyl (C=O) groups excluding carboxylic acids is 2. The van der Waals surface area contributed by atoms with Gasteiger partial charge in [0.25, 0.3) is 5.91 Å². The minimum absolute atomic E-state index is 0.0428. The van der Waals surface area contributed by atoms with Crippen LogP contribution in [0.1, 0.15) is 36.2 Å². The van der Waals surface area contributed by atoms with Gasteiger partial charge in [0.2, 0.25) is 11.7 Å². The van der Waals surface area contributed by atoms with E-state index < -0.39 is 0 Å². The van der Waals surface area contributed by atoms with E-state index >= 15 is 0 Å². The van der Waals surface area contributed by atoms with Crippen molar-refractivity contribution in [3.05, 3.63) is 53.6 Å². The third-order valence-corrected chi connectivity index (χ3v) is 4.53. The first-order valence-corrected chi connectivity index (χ1v) is 9.62. The van der Waals surface area contributed by atoms with Crippen LogP contribution in [0.2, 0.25) is 0 Å². The van der Waals surface area contributed by atoms with Gasteiger partial charge in [-0.05, 0) is 49.2 Å². The van der Waals surface area contributed by atoms with E-state index in [-0.39, 0.29) is 17.9 Å². The first-order valence-electron chi connectivity index (χ1n) is 9.62. The predicted octanol–water partition coefficient (Wildman–Crippen LogP) is 3.89. The van der Waals surface area contributed by atoms with Gasteiger partial charge in [-0.1, -0.05) is 19.1 Å². The highest BCUT2D eigenvalue weighted by Gasteiger charge is 2.14. The number of nitrogens with one attached hydrogen (secondary N) is 2. The van der Waals surface area contributed by atoms with Crippen molar-refractivity contribution < 1.29 is 23.8 Å². The molecule has 1 unspecified atom stereocenters. The molecule has 7 heteroatoms. The number of anilines is 1. The maximum atomic E-state index is 12.5. The SMILES string of the molecule is CCC(C)NC(=O)c1ccccc1NC(=O)/C=C/c1cc(OC)c(OC)c(OC)c1. The first kappa shape index (κ1) is 22.8. The van der Waals surface area contributed by atoms with Gasteiger partial charge in [0.15, 0.2) is 11.5 Å². The molecule has 30 heavy (non-hydrogen) atoms. The molecule has 0 aliphatic rings. The summed E-state index contributed by atoms with van der Waals surface area (Å²) in [6.45, 7) is 3.92. The second-order valence-electron chi connectivity index (χ2n) is 6.61. The van der Waals surface area contributed by atoms with Crippen molar-refractivity contribution in [2.75, 3.05) is 26.6 Å². The van der Waals surface area contributed by atoms with Gasteiger partial charge < -0.3 is 24.8 Å². The van der Waals surface area contributed by atoms with Crippen LogP contribution in [0.25, 0.3) is 6.08 Å². The molecule has 0 spiro atoms. The van der Waals surface area contributed by atoms with E-state index in [4.69, 9.17) is 14.2 Å². The molecule has 0 aliphatic heterocycles. The predicted molar refractivity (Wildman–Crippen MR) is 117 cm³/mol. The molecular formula is C23H28N2O5. The molecule has 0 saturated carbocycles. The average Bonchev–Trinajstić information content (AvgIpc) is 2.76. The first-order chi connectivity index (χ1) is 14.4. The number of hydrogen-bond donors (Lipinski definition) is 2. The van der Waals surface area contributed by atoms with E-state index in [2.05, 4.69) is 10.6 Å². The van der Waals surface area contributed by atoms with Crippen LogP contribution in [0.3, 0.4) is 0 Å². The maximum absolute atomic E-state index is 12.5. The van der Waals surface area contributed by atoms with Crippen molar-refractivity contribution in [1.29, 1.82) is 0 Å². The summed E-state index contributed by atoms with van der Waals surface area (Å²) in [5, 5.41) is 5.66. The zero-order valence-corrected chi connectivity index (χ0v) is 17.9. The maximum Gasteiger partial charge on any atom is 0.253 e. The van der Waals surface area contributed by atoms with Crippen molar-refractivity contribution in [1.82, 2.24) is 5.32 Å². The second kappa shape index (κ2) is 10.9. The molecule has 1 atom stereocenters. The van der Waals surface area contributed by atoms with Crippen LogP contribution in [-0.2, 0) is 4.79 Å². The summed E-state index contributed by atoms with van der Waals surface area (Å²) in [7, 11) is 4.58. The Labute approximate surface area is 177 Å². The third kappa shape index (κ3) is 5.76. The van der Waals surface area contributed by atoms with Gasteiger partial charge in [0.05, 0.1) is 32.6 Å². The van der Waals surface area contributed by atoms with Crippen LogP contribution in [0.15, 0.2) is 42.5 Å². The molecule has 7 nitrogen and oxygen atoms in total. The Hall–Kier alpha value is -3.48. The highest BCUT2D eigenvalue weighted by molar-refractivity contribution is 6.07. The molecule has 0 saturated heterocycles. The lowest BCUT2D eigenvalue weighted by atomic mass is 10.1. The molecule has 0 aromatic heterocycles. The Morgan fingerprint density at radius 2 is 1.67 bits per heavy atom.